The van der Waals surface area contributed by atoms with Gasteiger partial charge in [0.15, 0.2) is 0 Å². The summed E-state index contributed by atoms with van der Waals surface area (Å²) in [6.45, 7) is 8.93. The minimum atomic E-state index is -1.04. The first-order valence-corrected chi connectivity index (χ1v) is 10.4. The SMILES string of the molecule is CCOC(=O)c1c(NC(=O)NC2(C(=O)OC(C)(C)C)CC2)sc(-c2ncco2)c1C. The van der Waals surface area contributed by atoms with Gasteiger partial charge in [-0.3, -0.25) is 5.32 Å². The quantitative estimate of drug-likeness (QED) is 0.661. The molecule has 0 spiro atoms. The zero-order valence-corrected chi connectivity index (χ0v) is 18.4. The number of carbonyl (C=O) groups is 3. The largest absolute Gasteiger partial charge is 0.462 e. The van der Waals surface area contributed by atoms with Gasteiger partial charge in [-0.25, -0.2) is 19.4 Å². The molecule has 2 amide bonds. The number of aromatic nitrogens is 1. The minimum absolute atomic E-state index is 0.190. The van der Waals surface area contributed by atoms with Gasteiger partial charge in [0.1, 0.15) is 22.4 Å². The summed E-state index contributed by atoms with van der Waals surface area (Å²) in [6, 6.07) is -0.607. The molecule has 0 aliphatic heterocycles. The Kier molecular flexibility index (Phi) is 5.89. The fraction of sp³-hybridized carbons (Fsp3) is 0.500. The van der Waals surface area contributed by atoms with Crippen LogP contribution in [0.3, 0.4) is 0 Å². The molecule has 0 aromatic carbocycles. The summed E-state index contributed by atoms with van der Waals surface area (Å²) >= 11 is 1.15. The van der Waals surface area contributed by atoms with Gasteiger partial charge in [-0.2, -0.15) is 0 Å². The number of anilines is 1. The van der Waals surface area contributed by atoms with Crippen LogP contribution in [0.15, 0.2) is 16.9 Å². The third-order valence-corrected chi connectivity index (χ3v) is 5.57. The van der Waals surface area contributed by atoms with Crippen LogP contribution in [0, 0.1) is 6.92 Å². The second kappa shape index (κ2) is 8.10. The fourth-order valence-electron chi connectivity index (χ4n) is 2.82. The van der Waals surface area contributed by atoms with E-state index in [-0.39, 0.29) is 17.2 Å². The van der Waals surface area contributed by atoms with Crippen LogP contribution < -0.4 is 10.6 Å². The predicted molar refractivity (Wildman–Crippen MR) is 110 cm³/mol. The Balaban J connectivity index is 1.82. The smallest absolute Gasteiger partial charge is 0.341 e. The van der Waals surface area contributed by atoms with Crippen LogP contribution in [0.1, 0.15) is 56.5 Å². The highest BCUT2D eigenvalue weighted by atomic mass is 32.1. The lowest BCUT2D eigenvalue weighted by atomic mass is 10.1. The highest BCUT2D eigenvalue weighted by Crippen LogP contribution is 2.41. The molecule has 0 atom stereocenters. The zero-order chi connectivity index (χ0) is 22.1. The van der Waals surface area contributed by atoms with Crippen molar-refractivity contribution in [2.45, 2.75) is 58.6 Å². The molecule has 10 heteroatoms. The Morgan fingerprint density at radius 2 is 2.00 bits per heavy atom. The molecule has 9 nitrogen and oxygen atoms in total. The molecule has 2 heterocycles. The van der Waals surface area contributed by atoms with Crippen molar-refractivity contribution < 1.29 is 28.3 Å². The van der Waals surface area contributed by atoms with Crippen LogP contribution in [0.4, 0.5) is 9.80 Å². The summed E-state index contributed by atoms with van der Waals surface area (Å²) < 4.78 is 15.9. The van der Waals surface area contributed by atoms with E-state index in [0.717, 1.165) is 11.3 Å². The number of rotatable bonds is 6. The van der Waals surface area contributed by atoms with Gasteiger partial charge in [0.25, 0.3) is 0 Å². The van der Waals surface area contributed by atoms with Crippen molar-refractivity contribution in [2.75, 3.05) is 11.9 Å². The Morgan fingerprint density at radius 3 is 2.53 bits per heavy atom. The second-order valence-corrected chi connectivity index (χ2v) is 9.00. The molecule has 2 aromatic heterocycles. The maximum absolute atomic E-state index is 12.7. The van der Waals surface area contributed by atoms with Crippen molar-refractivity contribution in [1.82, 2.24) is 10.3 Å². The molecule has 1 aliphatic rings. The van der Waals surface area contributed by atoms with Crippen LogP contribution in [0.2, 0.25) is 0 Å². The zero-order valence-electron chi connectivity index (χ0n) is 17.6. The summed E-state index contributed by atoms with van der Waals surface area (Å²) in [4.78, 5) is 42.3. The molecule has 0 bridgehead atoms. The number of nitrogens with zero attached hydrogens (tertiary/aromatic N) is 1. The molecule has 1 aliphatic carbocycles. The molecule has 1 fully saturated rings. The van der Waals surface area contributed by atoms with Crippen molar-refractivity contribution in [3.8, 4) is 10.8 Å². The summed E-state index contributed by atoms with van der Waals surface area (Å²) in [5.41, 5.74) is -0.881. The molecular formula is C20H25N3O6S. The number of nitrogens with one attached hydrogen (secondary N) is 2. The van der Waals surface area contributed by atoms with Gasteiger partial charge in [0, 0.05) is 0 Å². The molecule has 3 rings (SSSR count). The van der Waals surface area contributed by atoms with Crippen molar-refractivity contribution in [1.29, 1.82) is 0 Å². The topological polar surface area (TPSA) is 120 Å². The standard InChI is InChI=1S/C20H25N3O6S/c1-6-27-16(24)12-11(2)13(14-21-9-10-28-14)30-15(12)22-18(26)23-20(7-8-20)17(25)29-19(3,4)5/h9-10H,6-8H2,1-5H3,(H2,22,23,26). The summed E-state index contributed by atoms with van der Waals surface area (Å²) in [5, 5.41) is 5.66. The number of esters is 2. The first kappa shape index (κ1) is 21.8. The molecule has 2 N–H and O–H groups in total. The van der Waals surface area contributed by atoms with Gasteiger partial charge in [-0.15, -0.1) is 11.3 Å². The number of hydrogen-bond acceptors (Lipinski definition) is 8. The third kappa shape index (κ3) is 4.64. The van der Waals surface area contributed by atoms with Crippen molar-refractivity contribution >= 4 is 34.3 Å². The van der Waals surface area contributed by atoms with Crippen molar-refractivity contribution in [3.63, 3.8) is 0 Å². The molecule has 162 valence electrons. The van der Waals surface area contributed by atoms with E-state index in [2.05, 4.69) is 15.6 Å². The number of hydrogen-bond donors (Lipinski definition) is 2. The maximum atomic E-state index is 12.7. The van der Waals surface area contributed by atoms with E-state index in [1.165, 1.54) is 12.5 Å². The molecule has 2 aromatic rings. The summed E-state index contributed by atoms with van der Waals surface area (Å²) in [7, 11) is 0. The number of urea groups is 1. The Hall–Kier alpha value is -2.88. The lowest BCUT2D eigenvalue weighted by molar-refractivity contribution is -0.158. The lowest BCUT2D eigenvalue weighted by Gasteiger charge is -2.24. The second-order valence-electron chi connectivity index (χ2n) is 7.98. The summed E-state index contributed by atoms with van der Waals surface area (Å²) in [5.74, 6) is -0.699. The number of carbonyl (C=O) groups excluding carboxylic acids is 3. The van der Waals surface area contributed by atoms with E-state index in [1.807, 2.05) is 0 Å². The van der Waals surface area contributed by atoms with Crippen LogP contribution in [0.25, 0.3) is 10.8 Å². The first-order valence-electron chi connectivity index (χ1n) is 9.59. The van der Waals surface area contributed by atoms with E-state index in [9.17, 15) is 14.4 Å². The van der Waals surface area contributed by atoms with Gasteiger partial charge in [0.05, 0.1) is 23.2 Å². The Morgan fingerprint density at radius 1 is 1.30 bits per heavy atom. The van der Waals surface area contributed by atoms with Gasteiger partial charge in [0.2, 0.25) is 5.89 Å². The van der Waals surface area contributed by atoms with E-state index in [1.54, 1.807) is 34.6 Å². The monoisotopic (exact) mass is 435 g/mol. The van der Waals surface area contributed by atoms with Crippen LogP contribution in [0.5, 0.6) is 0 Å². The van der Waals surface area contributed by atoms with Crippen LogP contribution in [-0.4, -0.2) is 40.7 Å². The highest BCUT2D eigenvalue weighted by Gasteiger charge is 2.53. The predicted octanol–water partition coefficient (Wildman–Crippen LogP) is 3.88. The number of amides is 2. The number of ether oxygens (including phenoxy) is 2. The van der Waals surface area contributed by atoms with Crippen molar-refractivity contribution in [2.24, 2.45) is 0 Å². The van der Waals surface area contributed by atoms with Crippen molar-refractivity contribution in [3.05, 3.63) is 23.6 Å². The van der Waals surface area contributed by atoms with Crippen LogP contribution in [-0.2, 0) is 14.3 Å². The van der Waals surface area contributed by atoms with Gasteiger partial charge >= 0.3 is 18.0 Å². The Labute approximate surface area is 178 Å². The molecule has 1 saturated carbocycles. The van der Waals surface area contributed by atoms with E-state index < -0.39 is 29.1 Å². The Bertz CT molecular complexity index is 954. The normalized spacial score (nSPS) is 14.7. The first-order chi connectivity index (χ1) is 14.1. The lowest BCUT2D eigenvalue weighted by Crippen LogP contribution is -2.47. The molecule has 0 saturated heterocycles. The van der Waals surface area contributed by atoms with Gasteiger partial charge in [-0.1, -0.05) is 0 Å². The third-order valence-electron chi connectivity index (χ3n) is 4.37. The molecule has 0 radical (unpaired) electrons. The van der Waals surface area contributed by atoms with Gasteiger partial charge in [-0.05, 0) is 53.0 Å². The molecule has 30 heavy (non-hydrogen) atoms. The minimum Gasteiger partial charge on any atom is -0.462 e. The van der Waals surface area contributed by atoms with E-state index in [0.29, 0.717) is 29.2 Å². The average molecular weight is 436 g/mol. The highest BCUT2D eigenvalue weighted by molar-refractivity contribution is 7.20. The average Bonchev–Trinajstić information content (AvgIpc) is 3.08. The van der Waals surface area contributed by atoms with E-state index in [4.69, 9.17) is 13.9 Å². The number of thiophene rings is 1. The molecule has 0 unspecified atom stereocenters. The maximum Gasteiger partial charge on any atom is 0.341 e. The van der Waals surface area contributed by atoms with Gasteiger partial charge < -0.3 is 19.2 Å². The summed E-state index contributed by atoms with van der Waals surface area (Å²) in [6.07, 6.45) is 3.91. The fourth-order valence-corrected chi connectivity index (χ4v) is 3.95. The molecular weight excluding hydrogens is 410 g/mol. The van der Waals surface area contributed by atoms with Crippen LogP contribution >= 0.6 is 11.3 Å². The number of oxazole rings is 1. The van der Waals surface area contributed by atoms with E-state index >= 15 is 0 Å².